The topological polar surface area (TPSA) is 54.4 Å². The molecule has 0 bridgehead atoms. The maximum absolute atomic E-state index is 12.2. The number of allylic oxidation sites excluding steroid dienone is 6. The van der Waals surface area contributed by atoms with Gasteiger partial charge < -0.3 is 5.11 Å². The quantitative estimate of drug-likeness (QED) is 0.673. The second kappa shape index (κ2) is 5.26. The molecular formula is C21H25BrO3. The van der Waals surface area contributed by atoms with Crippen LogP contribution < -0.4 is 0 Å². The Morgan fingerprint density at radius 2 is 2.04 bits per heavy atom. The second-order valence-electron chi connectivity index (χ2n) is 8.67. The van der Waals surface area contributed by atoms with Gasteiger partial charge in [-0.05, 0) is 62.2 Å². The number of rotatable bonds is 1. The van der Waals surface area contributed by atoms with Crippen LogP contribution in [0.25, 0.3) is 0 Å². The normalized spacial score (nSPS) is 48.2. The van der Waals surface area contributed by atoms with Crippen molar-refractivity contribution in [3.05, 3.63) is 35.5 Å². The maximum Gasteiger partial charge on any atom is 0.178 e. The second-order valence-corrected chi connectivity index (χ2v) is 9.99. The van der Waals surface area contributed by atoms with Gasteiger partial charge in [0.2, 0.25) is 0 Å². The zero-order valence-corrected chi connectivity index (χ0v) is 16.6. The third-order valence-electron chi connectivity index (χ3n) is 7.60. The molecule has 134 valence electrons. The van der Waals surface area contributed by atoms with Crippen LogP contribution in [0.2, 0.25) is 0 Å². The third kappa shape index (κ3) is 2.01. The predicted octanol–water partition coefficient (Wildman–Crippen LogP) is 3.91. The highest BCUT2D eigenvalue weighted by molar-refractivity contribution is 9.10. The molecule has 0 aliphatic heterocycles. The number of ketones is 2. The van der Waals surface area contributed by atoms with E-state index in [4.69, 9.17) is 0 Å². The molecule has 4 heteroatoms. The lowest BCUT2D eigenvalue weighted by atomic mass is 9.46. The van der Waals surface area contributed by atoms with Gasteiger partial charge in [-0.15, -0.1) is 0 Å². The van der Waals surface area contributed by atoms with Gasteiger partial charge >= 0.3 is 0 Å². The number of fused-ring (bicyclic) bond motifs is 5. The minimum Gasteiger partial charge on any atom is -0.392 e. The highest BCUT2D eigenvalue weighted by atomic mass is 79.9. The highest BCUT2D eigenvalue weighted by Crippen LogP contribution is 2.69. The molecule has 2 fully saturated rings. The van der Waals surface area contributed by atoms with Crippen LogP contribution in [0, 0.1) is 22.7 Å². The highest BCUT2D eigenvalue weighted by Gasteiger charge is 2.67. The summed E-state index contributed by atoms with van der Waals surface area (Å²) >= 11 is 4.01. The Balaban J connectivity index is 1.81. The lowest BCUT2D eigenvalue weighted by Gasteiger charge is -2.63. The van der Waals surface area contributed by atoms with Gasteiger partial charge in [0.15, 0.2) is 11.6 Å². The molecule has 25 heavy (non-hydrogen) atoms. The van der Waals surface area contributed by atoms with Crippen molar-refractivity contribution in [2.45, 2.75) is 56.9 Å². The molecule has 1 unspecified atom stereocenters. The van der Waals surface area contributed by atoms with E-state index in [1.165, 1.54) is 0 Å². The molecule has 3 nitrogen and oxygen atoms in total. The van der Waals surface area contributed by atoms with Gasteiger partial charge in [-0.3, -0.25) is 9.59 Å². The first kappa shape index (κ1) is 17.4. The lowest BCUT2D eigenvalue weighted by molar-refractivity contribution is -0.117. The number of halogens is 1. The fraction of sp³-hybridized carbons (Fsp3) is 0.619. The Morgan fingerprint density at radius 1 is 1.32 bits per heavy atom. The van der Waals surface area contributed by atoms with Gasteiger partial charge in [0, 0.05) is 10.8 Å². The van der Waals surface area contributed by atoms with Gasteiger partial charge in [-0.25, -0.2) is 0 Å². The summed E-state index contributed by atoms with van der Waals surface area (Å²) in [7, 11) is 0. The largest absolute Gasteiger partial charge is 0.392 e. The molecule has 0 saturated heterocycles. The zero-order valence-electron chi connectivity index (χ0n) is 15.0. The molecule has 4 aliphatic rings. The fourth-order valence-corrected chi connectivity index (χ4v) is 7.42. The molecule has 0 radical (unpaired) electrons. The van der Waals surface area contributed by atoms with Crippen molar-refractivity contribution in [1.82, 2.24) is 0 Å². The molecule has 0 amide bonds. The number of hydrogen-bond donors (Lipinski definition) is 1. The monoisotopic (exact) mass is 404 g/mol. The number of alkyl halides is 1. The predicted molar refractivity (Wildman–Crippen MR) is 100 cm³/mol. The van der Waals surface area contributed by atoms with Crippen LogP contribution in [0.1, 0.15) is 46.5 Å². The van der Waals surface area contributed by atoms with Crippen LogP contribution in [0.4, 0.5) is 0 Å². The number of carbonyl (C=O) groups is 2. The molecule has 0 heterocycles. The Morgan fingerprint density at radius 3 is 2.72 bits per heavy atom. The van der Waals surface area contributed by atoms with Crippen molar-refractivity contribution in [3.63, 3.8) is 0 Å². The average Bonchev–Trinajstić information content (AvgIpc) is 2.87. The van der Waals surface area contributed by atoms with E-state index in [-0.39, 0.29) is 28.3 Å². The fourth-order valence-electron chi connectivity index (χ4n) is 6.33. The van der Waals surface area contributed by atoms with Crippen LogP contribution in [0.3, 0.4) is 0 Å². The molecular weight excluding hydrogens is 380 g/mol. The summed E-state index contributed by atoms with van der Waals surface area (Å²) in [6.07, 6.45) is 10.2. The summed E-state index contributed by atoms with van der Waals surface area (Å²) in [5.41, 5.74) is 1.39. The summed E-state index contributed by atoms with van der Waals surface area (Å²) in [5.74, 6) is 0.775. The van der Waals surface area contributed by atoms with Crippen molar-refractivity contribution in [2.24, 2.45) is 22.7 Å². The number of Topliss-reactive ketones (excluding diaryl/α,β-unsaturated/α-hetero) is 1. The van der Waals surface area contributed by atoms with Gasteiger partial charge in [-0.1, -0.05) is 47.5 Å². The summed E-state index contributed by atoms with van der Waals surface area (Å²) in [5, 5.41) is 11.3. The van der Waals surface area contributed by atoms with Crippen molar-refractivity contribution in [1.29, 1.82) is 0 Å². The minimum absolute atomic E-state index is 0.0403. The van der Waals surface area contributed by atoms with E-state index in [0.29, 0.717) is 12.3 Å². The first-order valence-corrected chi connectivity index (χ1v) is 9.96. The SMILES string of the molecule is CC(=O)C1=CC[C@H]2[C@@H]3CCC4=CC(=O)C=C[C@]4(C)[C@@]3(Br)C(O)C[C@]12C. The van der Waals surface area contributed by atoms with E-state index in [9.17, 15) is 14.7 Å². The molecule has 4 rings (SSSR count). The molecule has 2 saturated carbocycles. The van der Waals surface area contributed by atoms with Gasteiger partial charge in [0.1, 0.15) is 0 Å². The molecule has 0 aromatic carbocycles. The smallest absolute Gasteiger partial charge is 0.178 e. The van der Waals surface area contributed by atoms with Crippen molar-refractivity contribution in [3.8, 4) is 0 Å². The molecule has 4 aliphatic carbocycles. The average molecular weight is 405 g/mol. The van der Waals surface area contributed by atoms with Crippen LogP contribution in [0.5, 0.6) is 0 Å². The van der Waals surface area contributed by atoms with Crippen molar-refractivity contribution in [2.75, 3.05) is 0 Å². The molecule has 6 atom stereocenters. The van der Waals surface area contributed by atoms with E-state index < -0.39 is 10.4 Å². The van der Waals surface area contributed by atoms with Gasteiger partial charge in [-0.2, -0.15) is 0 Å². The summed E-state index contributed by atoms with van der Waals surface area (Å²) in [6, 6.07) is 0. The Hall–Kier alpha value is -1.00. The van der Waals surface area contributed by atoms with E-state index in [1.54, 1.807) is 19.1 Å². The summed E-state index contributed by atoms with van der Waals surface area (Å²) in [4.78, 5) is 24.0. The third-order valence-corrected chi connectivity index (χ3v) is 9.54. The number of carbonyl (C=O) groups excluding carboxylic acids is 2. The minimum atomic E-state index is -0.578. The van der Waals surface area contributed by atoms with Gasteiger partial charge in [0.05, 0.1) is 10.4 Å². The standard InChI is InChI=1S/C21H25BrO3/c1-12(23)15-6-7-16-17-5-4-13-10-14(24)8-9-20(13,3)21(17,22)18(25)11-19(15,16)2/h6,8-10,16-18,25H,4-5,7,11H2,1-3H3/t16-,17-,18?,19+,20-,21-/m0/s1. The van der Waals surface area contributed by atoms with E-state index in [1.807, 2.05) is 6.08 Å². The number of hydrogen-bond acceptors (Lipinski definition) is 3. The Bertz CT molecular complexity index is 763. The first-order chi connectivity index (χ1) is 11.6. The van der Waals surface area contributed by atoms with E-state index in [0.717, 1.165) is 30.4 Å². The van der Waals surface area contributed by atoms with Gasteiger partial charge in [0.25, 0.3) is 0 Å². The molecule has 0 aromatic heterocycles. The Kier molecular flexibility index (Phi) is 3.66. The lowest BCUT2D eigenvalue weighted by Crippen LogP contribution is -2.65. The van der Waals surface area contributed by atoms with Crippen molar-refractivity contribution >= 4 is 27.5 Å². The van der Waals surface area contributed by atoms with Crippen LogP contribution in [-0.4, -0.2) is 27.1 Å². The summed E-state index contributed by atoms with van der Waals surface area (Å²) < 4.78 is -0.495. The van der Waals surface area contributed by atoms with Crippen molar-refractivity contribution < 1.29 is 14.7 Å². The maximum atomic E-state index is 12.2. The van der Waals surface area contributed by atoms with E-state index >= 15 is 0 Å². The van der Waals surface area contributed by atoms with Crippen LogP contribution in [0.15, 0.2) is 35.5 Å². The van der Waals surface area contributed by atoms with E-state index in [2.05, 4.69) is 35.9 Å². The van der Waals surface area contributed by atoms with Crippen LogP contribution in [-0.2, 0) is 9.59 Å². The Labute approximate surface area is 157 Å². The van der Waals surface area contributed by atoms with Crippen LogP contribution >= 0.6 is 15.9 Å². The number of aliphatic hydroxyl groups is 1. The zero-order chi connectivity index (χ0) is 18.2. The summed E-state index contributed by atoms with van der Waals surface area (Å²) in [6.45, 7) is 5.94. The first-order valence-electron chi connectivity index (χ1n) is 9.17. The molecule has 1 N–H and O–H groups in total. The molecule has 0 aromatic rings. The number of aliphatic hydroxyl groups excluding tert-OH is 1. The molecule has 0 spiro atoms.